The lowest BCUT2D eigenvalue weighted by Gasteiger charge is -2.26. The van der Waals surface area contributed by atoms with Gasteiger partial charge in [0.15, 0.2) is 5.13 Å². The van der Waals surface area contributed by atoms with Gasteiger partial charge in [0, 0.05) is 48.0 Å². The number of fused-ring (bicyclic) bond motifs is 2. The van der Waals surface area contributed by atoms with Gasteiger partial charge in [0.1, 0.15) is 0 Å². The fraction of sp³-hybridized carbons (Fsp3) is 0.435. The molecule has 0 unspecified atom stereocenters. The van der Waals surface area contributed by atoms with Gasteiger partial charge in [0.2, 0.25) is 5.91 Å². The lowest BCUT2D eigenvalue weighted by Crippen LogP contribution is -2.36. The molecule has 8 heteroatoms. The summed E-state index contributed by atoms with van der Waals surface area (Å²) in [6, 6.07) is 8.27. The predicted molar refractivity (Wildman–Crippen MR) is 122 cm³/mol. The first-order chi connectivity index (χ1) is 15.1. The highest BCUT2D eigenvalue weighted by atomic mass is 32.1. The molecule has 1 saturated carbocycles. The third kappa shape index (κ3) is 4.17. The Balaban J connectivity index is 1.23. The molecule has 1 fully saturated rings. The molecule has 3 aromatic rings. The number of anilines is 1. The van der Waals surface area contributed by atoms with Crippen LogP contribution in [0.1, 0.15) is 41.8 Å². The minimum Gasteiger partial charge on any atom is -0.350 e. The molecule has 0 bridgehead atoms. The van der Waals surface area contributed by atoms with Gasteiger partial charge in [-0.25, -0.2) is 9.78 Å². The van der Waals surface area contributed by atoms with Gasteiger partial charge in [-0.3, -0.25) is 10.1 Å². The van der Waals surface area contributed by atoms with E-state index >= 15 is 0 Å². The largest absolute Gasteiger partial charge is 0.350 e. The molecule has 3 amide bonds. The zero-order valence-electron chi connectivity index (χ0n) is 17.7. The summed E-state index contributed by atoms with van der Waals surface area (Å²) >= 11 is 1.47. The molecule has 1 aromatic carbocycles. The van der Waals surface area contributed by atoms with Crippen molar-refractivity contribution in [2.45, 2.75) is 51.1 Å². The molecule has 0 saturated heterocycles. The summed E-state index contributed by atoms with van der Waals surface area (Å²) in [5, 5.41) is 7.66. The number of carbonyl (C=O) groups excluding carboxylic acids is 2. The highest BCUT2D eigenvalue weighted by molar-refractivity contribution is 7.15. The van der Waals surface area contributed by atoms with Crippen LogP contribution in [-0.2, 0) is 31.2 Å². The van der Waals surface area contributed by atoms with Gasteiger partial charge in [-0.05, 0) is 24.5 Å². The van der Waals surface area contributed by atoms with E-state index in [-0.39, 0.29) is 18.0 Å². The minimum absolute atomic E-state index is 0.129. The number of benzene rings is 1. The van der Waals surface area contributed by atoms with Crippen LogP contribution in [0.2, 0.25) is 0 Å². The Morgan fingerprint density at radius 3 is 2.87 bits per heavy atom. The molecule has 1 aliphatic heterocycles. The van der Waals surface area contributed by atoms with Crippen LogP contribution in [0.3, 0.4) is 0 Å². The minimum atomic E-state index is -0.179. The number of urea groups is 1. The standard InChI is InChI=1S/C23H27N5O2S/c1-27-13-15(17-8-4-5-9-19(17)27)12-21(29)28-11-10-18-20(14-28)31-23(25-18)26-22(30)24-16-6-2-3-7-16/h4-5,8-9,13,16H,2-3,6-7,10-12,14H2,1H3,(H2,24,25,26,30). The third-order valence-electron chi connectivity index (χ3n) is 6.32. The quantitative estimate of drug-likeness (QED) is 0.651. The van der Waals surface area contributed by atoms with Crippen molar-refractivity contribution in [3.05, 3.63) is 46.6 Å². The average molecular weight is 438 g/mol. The Morgan fingerprint density at radius 2 is 2.03 bits per heavy atom. The number of hydrogen-bond donors (Lipinski definition) is 2. The Kier molecular flexibility index (Phi) is 5.40. The van der Waals surface area contributed by atoms with Crippen LogP contribution in [0, 0.1) is 0 Å². The van der Waals surface area contributed by atoms with Crippen molar-refractivity contribution in [2.24, 2.45) is 7.05 Å². The maximum Gasteiger partial charge on any atom is 0.321 e. The molecular formula is C23H27N5O2S. The van der Waals surface area contributed by atoms with Crippen LogP contribution in [-0.4, -0.2) is 39.0 Å². The Hall–Kier alpha value is -2.87. The maximum absolute atomic E-state index is 13.0. The zero-order valence-corrected chi connectivity index (χ0v) is 18.5. The summed E-state index contributed by atoms with van der Waals surface area (Å²) in [5.74, 6) is 0.129. The fourth-order valence-electron chi connectivity index (χ4n) is 4.69. The number of nitrogens with zero attached hydrogens (tertiary/aromatic N) is 3. The molecule has 1 aliphatic carbocycles. The van der Waals surface area contributed by atoms with Crippen LogP contribution in [0.5, 0.6) is 0 Å². The number of nitrogens with one attached hydrogen (secondary N) is 2. The topological polar surface area (TPSA) is 79.3 Å². The van der Waals surface area contributed by atoms with Crippen molar-refractivity contribution in [3.8, 4) is 0 Å². The van der Waals surface area contributed by atoms with Gasteiger partial charge >= 0.3 is 6.03 Å². The lowest BCUT2D eigenvalue weighted by atomic mass is 10.1. The summed E-state index contributed by atoms with van der Waals surface area (Å²) in [5.41, 5.74) is 3.19. The Labute approximate surface area is 185 Å². The fourth-order valence-corrected chi connectivity index (χ4v) is 5.71. The second-order valence-corrected chi connectivity index (χ2v) is 9.58. The van der Waals surface area contributed by atoms with E-state index in [0.29, 0.717) is 24.6 Å². The zero-order chi connectivity index (χ0) is 21.4. The second-order valence-electron chi connectivity index (χ2n) is 8.49. The van der Waals surface area contributed by atoms with E-state index in [1.807, 2.05) is 24.1 Å². The molecule has 0 atom stereocenters. The first-order valence-electron chi connectivity index (χ1n) is 10.9. The second kappa shape index (κ2) is 8.34. The van der Waals surface area contributed by atoms with E-state index in [2.05, 4.69) is 38.5 Å². The third-order valence-corrected chi connectivity index (χ3v) is 7.31. The molecule has 31 heavy (non-hydrogen) atoms. The van der Waals surface area contributed by atoms with Crippen LogP contribution in [0.25, 0.3) is 10.9 Å². The first-order valence-corrected chi connectivity index (χ1v) is 11.8. The monoisotopic (exact) mass is 437 g/mol. The normalized spacial score (nSPS) is 16.5. The molecular weight excluding hydrogens is 410 g/mol. The van der Waals surface area contributed by atoms with E-state index in [1.54, 1.807) is 0 Å². The molecule has 0 radical (unpaired) electrons. The number of amides is 3. The first kappa shape index (κ1) is 20.1. The SMILES string of the molecule is Cn1cc(CC(=O)N2CCc3nc(NC(=O)NC4CCCC4)sc3C2)c2ccccc21. The highest BCUT2D eigenvalue weighted by Gasteiger charge is 2.26. The van der Waals surface area contributed by atoms with E-state index < -0.39 is 0 Å². The molecule has 162 valence electrons. The summed E-state index contributed by atoms with van der Waals surface area (Å²) in [4.78, 5) is 32.8. The summed E-state index contributed by atoms with van der Waals surface area (Å²) in [6.45, 7) is 1.22. The van der Waals surface area contributed by atoms with Gasteiger partial charge in [0.05, 0.1) is 18.7 Å². The molecule has 7 nitrogen and oxygen atoms in total. The van der Waals surface area contributed by atoms with Crippen molar-refractivity contribution < 1.29 is 9.59 Å². The van der Waals surface area contributed by atoms with E-state index in [4.69, 9.17) is 0 Å². The predicted octanol–water partition coefficient (Wildman–Crippen LogP) is 3.83. The molecule has 3 heterocycles. The number of aryl methyl sites for hydroxylation is 1. The summed E-state index contributed by atoms with van der Waals surface area (Å²) < 4.78 is 2.07. The molecule has 2 aromatic heterocycles. The molecule has 2 aliphatic rings. The molecule has 2 N–H and O–H groups in total. The summed E-state index contributed by atoms with van der Waals surface area (Å²) in [6.07, 6.45) is 7.63. The number of para-hydroxylation sites is 1. The van der Waals surface area contributed by atoms with Crippen molar-refractivity contribution in [1.82, 2.24) is 19.8 Å². The van der Waals surface area contributed by atoms with Crippen LogP contribution < -0.4 is 10.6 Å². The van der Waals surface area contributed by atoms with Gasteiger partial charge < -0.3 is 14.8 Å². The van der Waals surface area contributed by atoms with Gasteiger partial charge in [-0.1, -0.05) is 42.4 Å². The number of rotatable bonds is 4. The maximum atomic E-state index is 13.0. The van der Waals surface area contributed by atoms with E-state index in [0.717, 1.165) is 46.3 Å². The van der Waals surface area contributed by atoms with Crippen molar-refractivity contribution in [2.75, 3.05) is 11.9 Å². The highest BCUT2D eigenvalue weighted by Crippen LogP contribution is 2.29. The lowest BCUT2D eigenvalue weighted by molar-refractivity contribution is -0.131. The summed E-state index contributed by atoms with van der Waals surface area (Å²) in [7, 11) is 2.01. The number of hydrogen-bond acceptors (Lipinski definition) is 4. The number of aromatic nitrogens is 2. The number of thiazole rings is 1. The van der Waals surface area contributed by atoms with Crippen LogP contribution >= 0.6 is 11.3 Å². The molecule has 5 rings (SSSR count). The number of carbonyl (C=O) groups is 2. The Morgan fingerprint density at radius 1 is 1.23 bits per heavy atom. The van der Waals surface area contributed by atoms with E-state index in [9.17, 15) is 9.59 Å². The van der Waals surface area contributed by atoms with Crippen LogP contribution in [0.15, 0.2) is 30.5 Å². The van der Waals surface area contributed by atoms with Gasteiger partial charge in [-0.15, -0.1) is 0 Å². The Bertz CT molecular complexity index is 1130. The van der Waals surface area contributed by atoms with Crippen molar-refractivity contribution >= 4 is 39.3 Å². The molecule has 0 spiro atoms. The smallest absolute Gasteiger partial charge is 0.321 e. The average Bonchev–Trinajstić information content (AvgIpc) is 3.47. The van der Waals surface area contributed by atoms with E-state index in [1.165, 1.54) is 24.2 Å². The van der Waals surface area contributed by atoms with Crippen molar-refractivity contribution in [3.63, 3.8) is 0 Å². The van der Waals surface area contributed by atoms with Gasteiger partial charge in [-0.2, -0.15) is 0 Å². The van der Waals surface area contributed by atoms with Gasteiger partial charge in [0.25, 0.3) is 0 Å². The van der Waals surface area contributed by atoms with Crippen LogP contribution in [0.4, 0.5) is 9.93 Å². The van der Waals surface area contributed by atoms with Crippen molar-refractivity contribution in [1.29, 1.82) is 0 Å².